The molecule has 1 aromatic heterocycles. The summed E-state index contributed by atoms with van der Waals surface area (Å²) in [6.45, 7) is 2.92. The summed E-state index contributed by atoms with van der Waals surface area (Å²) in [4.78, 5) is 17.5. The van der Waals surface area contributed by atoms with Gasteiger partial charge in [0.2, 0.25) is 0 Å². The van der Waals surface area contributed by atoms with Crippen LogP contribution in [0.25, 0.3) is 0 Å². The highest BCUT2D eigenvalue weighted by Gasteiger charge is 2.05. The van der Waals surface area contributed by atoms with Crippen molar-refractivity contribution < 1.29 is 9.53 Å². The van der Waals surface area contributed by atoms with E-state index in [9.17, 15) is 4.79 Å². The van der Waals surface area contributed by atoms with E-state index in [1.807, 2.05) is 67.7 Å². The SMILES string of the molecule is Cc1cccc(OCCNC(=O)c2ccc(SCc3cccnc3)cc2)c1. The van der Waals surface area contributed by atoms with E-state index >= 15 is 0 Å². The molecule has 0 unspecified atom stereocenters. The van der Waals surface area contributed by atoms with Gasteiger partial charge < -0.3 is 10.1 Å². The fourth-order valence-corrected chi connectivity index (χ4v) is 3.33. The van der Waals surface area contributed by atoms with Crippen LogP contribution >= 0.6 is 11.8 Å². The molecule has 4 nitrogen and oxygen atoms in total. The number of amides is 1. The highest BCUT2D eigenvalue weighted by molar-refractivity contribution is 7.98. The lowest BCUT2D eigenvalue weighted by Crippen LogP contribution is -2.28. The summed E-state index contributed by atoms with van der Waals surface area (Å²) >= 11 is 1.72. The predicted octanol–water partition coefficient (Wildman–Crippen LogP) is 4.49. The number of ether oxygens (including phenoxy) is 1. The number of aromatic nitrogens is 1. The summed E-state index contributed by atoms with van der Waals surface area (Å²) < 4.78 is 5.64. The zero-order valence-electron chi connectivity index (χ0n) is 15.2. The average molecular weight is 378 g/mol. The minimum Gasteiger partial charge on any atom is -0.492 e. The van der Waals surface area contributed by atoms with Crippen LogP contribution in [0, 0.1) is 6.92 Å². The Morgan fingerprint density at radius 3 is 2.70 bits per heavy atom. The predicted molar refractivity (Wildman–Crippen MR) is 109 cm³/mol. The third-order valence-corrected chi connectivity index (χ3v) is 4.97. The number of carbonyl (C=O) groups excluding carboxylic acids is 1. The number of benzene rings is 2. The summed E-state index contributed by atoms with van der Waals surface area (Å²) in [5.74, 6) is 1.58. The van der Waals surface area contributed by atoms with Gasteiger partial charge in [-0.1, -0.05) is 18.2 Å². The summed E-state index contributed by atoms with van der Waals surface area (Å²) in [6, 6.07) is 19.5. The third kappa shape index (κ3) is 6.15. The Labute approximate surface area is 164 Å². The number of hydrogen-bond donors (Lipinski definition) is 1. The first-order valence-electron chi connectivity index (χ1n) is 8.80. The van der Waals surface area contributed by atoms with Gasteiger partial charge in [0.1, 0.15) is 12.4 Å². The maximum absolute atomic E-state index is 12.2. The van der Waals surface area contributed by atoms with Gasteiger partial charge in [0.05, 0.1) is 6.54 Å². The molecule has 0 radical (unpaired) electrons. The fraction of sp³-hybridized carbons (Fsp3) is 0.182. The topological polar surface area (TPSA) is 51.2 Å². The number of hydrogen-bond acceptors (Lipinski definition) is 4. The van der Waals surface area contributed by atoms with Crippen LogP contribution in [0.5, 0.6) is 5.75 Å². The van der Waals surface area contributed by atoms with E-state index in [1.54, 1.807) is 18.0 Å². The second-order valence-corrected chi connectivity index (χ2v) is 7.14. The van der Waals surface area contributed by atoms with Crippen LogP contribution in [0.2, 0.25) is 0 Å². The van der Waals surface area contributed by atoms with Gasteiger partial charge in [-0.3, -0.25) is 9.78 Å². The highest BCUT2D eigenvalue weighted by Crippen LogP contribution is 2.22. The molecule has 0 atom stereocenters. The van der Waals surface area contributed by atoms with Crippen LogP contribution < -0.4 is 10.1 Å². The zero-order chi connectivity index (χ0) is 18.9. The second kappa shape index (κ2) is 9.78. The lowest BCUT2D eigenvalue weighted by atomic mass is 10.2. The van der Waals surface area contributed by atoms with Gasteiger partial charge >= 0.3 is 0 Å². The fourth-order valence-electron chi connectivity index (χ4n) is 2.49. The molecule has 3 rings (SSSR count). The van der Waals surface area contributed by atoms with Crippen LogP contribution in [0.4, 0.5) is 0 Å². The van der Waals surface area contributed by atoms with Gasteiger partial charge in [-0.05, 0) is 60.5 Å². The second-order valence-electron chi connectivity index (χ2n) is 6.10. The van der Waals surface area contributed by atoms with Gasteiger partial charge in [0.15, 0.2) is 0 Å². The van der Waals surface area contributed by atoms with E-state index in [0.717, 1.165) is 22.0 Å². The largest absolute Gasteiger partial charge is 0.492 e. The molecule has 3 aromatic rings. The summed E-state index contributed by atoms with van der Waals surface area (Å²) in [5.41, 5.74) is 2.98. The number of nitrogens with zero attached hydrogens (tertiary/aromatic N) is 1. The van der Waals surface area contributed by atoms with Crippen LogP contribution in [-0.2, 0) is 5.75 Å². The van der Waals surface area contributed by atoms with Crippen molar-refractivity contribution in [3.8, 4) is 5.75 Å². The van der Waals surface area contributed by atoms with Gasteiger partial charge in [-0.2, -0.15) is 0 Å². The Morgan fingerprint density at radius 2 is 1.96 bits per heavy atom. The lowest BCUT2D eigenvalue weighted by Gasteiger charge is -2.09. The maximum atomic E-state index is 12.2. The average Bonchev–Trinajstić information content (AvgIpc) is 2.71. The molecule has 0 saturated heterocycles. The molecule has 0 bridgehead atoms. The summed E-state index contributed by atoms with van der Waals surface area (Å²) in [6.07, 6.45) is 3.64. The molecule has 0 fully saturated rings. The van der Waals surface area contributed by atoms with E-state index in [0.29, 0.717) is 18.7 Å². The first-order chi connectivity index (χ1) is 13.2. The number of aryl methyl sites for hydroxylation is 1. The Bertz CT molecular complexity index is 867. The van der Waals surface area contributed by atoms with Gasteiger partial charge in [-0.25, -0.2) is 0 Å². The van der Waals surface area contributed by atoms with Crippen LogP contribution in [-0.4, -0.2) is 24.0 Å². The molecule has 138 valence electrons. The quantitative estimate of drug-likeness (QED) is 0.463. The van der Waals surface area contributed by atoms with Gasteiger partial charge in [-0.15, -0.1) is 11.8 Å². The van der Waals surface area contributed by atoms with Crippen molar-refractivity contribution in [2.75, 3.05) is 13.2 Å². The molecule has 0 aliphatic rings. The molecule has 5 heteroatoms. The van der Waals surface area contributed by atoms with E-state index < -0.39 is 0 Å². The molecule has 0 aliphatic carbocycles. The zero-order valence-corrected chi connectivity index (χ0v) is 16.0. The summed E-state index contributed by atoms with van der Waals surface area (Å²) in [7, 11) is 0. The smallest absolute Gasteiger partial charge is 0.251 e. The lowest BCUT2D eigenvalue weighted by molar-refractivity contribution is 0.0947. The molecular weight excluding hydrogens is 356 g/mol. The minimum absolute atomic E-state index is 0.0911. The van der Waals surface area contributed by atoms with Crippen molar-refractivity contribution in [2.45, 2.75) is 17.6 Å². The van der Waals surface area contributed by atoms with Gasteiger partial charge in [0, 0.05) is 28.6 Å². The van der Waals surface area contributed by atoms with Crippen molar-refractivity contribution in [1.29, 1.82) is 0 Å². The molecule has 1 N–H and O–H groups in total. The van der Waals surface area contributed by atoms with Crippen molar-refractivity contribution in [3.63, 3.8) is 0 Å². The van der Waals surface area contributed by atoms with E-state index in [2.05, 4.69) is 16.4 Å². The van der Waals surface area contributed by atoms with Crippen molar-refractivity contribution in [3.05, 3.63) is 89.7 Å². The maximum Gasteiger partial charge on any atom is 0.251 e. The molecule has 1 heterocycles. The van der Waals surface area contributed by atoms with Gasteiger partial charge in [0.25, 0.3) is 5.91 Å². The van der Waals surface area contributed by atoms with Crippen molar-refractivity contribution in [2.24, 2.45) is 0 Å². The first-order valence-corrected chi connectivity index (χ1v) is 9.79. The Hall–Kier alpha value is -2.79. The molecule has 0 spiro atoms. The minimum atomic E-state index is -0.0911. The monoisotopic (exact) mass is 378 g/mol. The number of nitrogens with one attached hydrogen (secondary N) is 1. The normalized spacial score (nSPS) is 10.4. The van der Waals surface area contributed by atoms with E-state index in [1.165, 1.54) is 5.56 Å². The molecule has 1 amide bonds. The van der Waals surface area contributed by atoms with Crippen molar-refractivity contribution >= 4 is 17.7 Å². The first kappa shape index (κ1) is 19.0. The Balaban J connectivity index is 1.42. The molecular formula is C22H22N2O2S. The van der Waals surface area contributed by atoms with Crippen LogP contribution in [0.15, 0.2) is 78.0 Å². The Morgan fingerprint density at radius 1 is 1.11 bits per heavy atom. The van der Waals surface area contributed by atoms with Crippen molar-refractivity contribution in [1.82, 2.24) is 10.3 Å². The number of rotatable bonds is 8. The standard InChI is InChI=1S/C22H22N2O2S/c1-17-4-2-6-20(14-17)26-13-12-24-22(25)19-7-9-21(10-8-19)27-16-18-5-3-11-23-15-18/h2-11,14-15H,12-13,16H2,1H3,(H,24,25). The van der Waals surface area contributed by atoms with E-state index in [-0.39, 0.29) is 5.91 Å². The number of pyridine rings is 1. The van der Waals surface area contributed by atoms with Crippen LogP contribution in [0.1, 0.15) is 21.5 Å². The molecule has 2 aromatic carbocycles. The highest BCUT2D eigenvalue weighted by atomic mass is 32.2. The third-order valence-electron chi connectivity index (χ3n) is 3.89. The van der Waals surface area contributed by atoms with E-state index in [4.69, 9.17) is 4.74 Å². The van der Waals surface area contributed by atoms with Crippen LogP contribution in [0.3, 0.4) is 0 Å². The Kier molecular flexibility index (Phi) is 6.88. The number of carbonyl (C=O) groups is 1. The molecule has 27 heavy (non-hydrogen) atoms. The molecule has 0 aliphatic heterocycles. The summed E-state index contributed by atoms with van der Waals surface area (Å²) in [5, 5.41) is 2.88. The molecule has 0 saturated carbocycles. The number of thioether (sulfide) groups is 1.